The van der Waals surface area contributed by atoms with E-state index in [4.69, 9.17) is 0 Å². The Morgan fingerprint density at radius 2 is 2.06 bits per heavy atom. The summed E-state index contributed by atoms with van der Waals surface area (Å²) in [6.45, 7) is 1.45. The van der Waals surface area contributed by atoms with Crippen molar-refractivity contribution in [2.45, 2.75) is 19.5 Å². The number of hydrogen-bond donors (Lipinski definition) is 1. The van der Waals surface area contributed by atoms with Crippen LogP contribution < -0.4 is 5.32 Å². The van der Waals surface area contributed by atoms with Crippen LogP contribution in [0, 0.1) is 6.92 Å². The van der Waals surface area contributed by atoms with Crippen LogP contribution in [0.5, 0.6) is 0 Å². The maximum absolute atomic E-state index is 11.9. The number of rotatable bonds is 3. The highest BCUT2D eigenvalue weighted by Gasteiger charge is 2.26. The van der Waals surface area contributed by atoms with Crippen molar-refractivity contribution in [1.29, 1.82) is 0 Å². The number of carbonyl (C=O) groups excluding carboxylic acids is 1. The van der Waals surface area contributed by atoms with Crippen molar-refractivity contribution >= 4 is 21.8 Å². The summed E-state index contributed by atoms with van der Waals surface area (Å²) in [5, 5.41) is 2.22. The van der Waals surface area contributed by atoms with Crippen LogP contribution >= 0.6 is 15.9 Å². The molecule has 0 fully saturated rings. The van der Waals surface area contributed by atoms with Gasteiger partial charge in [0.25, 0.3) is 5.91 Å². The summed E-state index contributed by atoms with van der Waals surface area (Å²) < 4.78 is 36.4. The van der Waals surface area contributed by atoms with Gasteiger partial charge in [0.15, 0.2) is 0 Å². The zero-order chi connectivity index (χ0) is 13.1. The first-order chi connectivity index (χ1) is 7.79. The van der Waals surface area contributed by atoms with E-state index in [1.165, 1.54) is 0 Å². The van der Waals surface area contributed by atoms with Gasteiger partial charge in [-0.25, -0.2) is 0 Å². The molecule has 1 rings (SSSR count). The molecule has 0 spiro atoms. The largest absolute Gasteiger partial charge is 0.390 e. The molecule has 0 atom stereocenters. The van der Waals surface area contributed by atoms with Crippen LogP contribution in [0.15, 0.2) is 22.7 Å². The van der Waals surface area contributed by atoms with Gasteiger partial charge < -0.3 is 5.32 Å². The molecule has 0 aliphatic heterocycles. The standard InChI is InChI=1S/C11H11BrF3NO/c1-7-2-3-8(6-9(7)12)10(17)16-5-4-11(13,14)15/h2-3,6H,4-5H2,1H3,(H,16,17). The summed E-state index contributed by atoms with van der Waals surface area (Å²) in [5.74, 6) is -0.505. The van der Waals surface area contributed by atoms with E-state index in [0.29, 0.717) is 5.56 Å². The van der Waals surface area contributed by atoms with E-state index in [2.05, 4.69) is 21.2 Å². The Labute approximate surface area is 105 Å². The Hall–Kier alpha value is -1.04. The van der Waals surface area contributed by atoms with Crippen LogP contribution in [0.3, 0.4) is 0 Å². The second kappa shape index (κ2) is 5.53. The molecule has 0 saturated carbocycles. The third kappa shape index (κ3) is 4.77. The fourth-order valence-electron chi connectivity index (χ4n) is 1.15. The first kappa shape index (κ1) is 14.0. The van der Waals surface area contributed by atoms with E-state index in [-0.39, 0.29) is 0 Å². The minimum Gasteiger partial charge on any atom is -0.352 e. The monoisotopic (exact) mass is 309 g/mol. The third-order valence-electron chi connectivity index (χ3n) is 2.13. The summed E-state index contributed by atoms with van der Waals surface area (Å²) in [7, 11) is 0. The number of benzene rings is 1. The maximum Gasteiger partial charge on any atom is 0.390 e. The van der Waals surface area contributed by atoms with Crippen molar-refractivity contribution in [2.24, 2.45) is 0 Å². The molecular weight excluding hydrogens is 299 g/mol. The topological polar surface area (TPSA) is 29.1 Å². The summed E-state index contributed by atoms with van der Waals surface area (Å²) >= 11 is 3.25. The lowest BCUT2D eigenvalue weighted by Crippen LogP contribution is -2.27. The minimum atomic E-state index is -4.25. The van der Waals surface area contributed by atoms with E-state index in [1.54, 1.807) is 18.2 Å². The molecule has 0 aliphatic carbocycles. The molecule has 0 heterocycles. The molecule has 1 N–H and O–H groups in total. The van der Waals surface area contributed by atoms with E-state index < -0.39 is 25.0 Å². The molecule has 0 unspecified atom stereocenters. The Morgan fingerprint density at radius 3 is 2.59 bits per heavy atom. The zero-order valence-corrected chi connectivity index (χ0v) is 10.7. The Morgan fingerprint density at radius 1 is 1.41 bits per heavy atom. The van der Waals surface area contributed by atoms with Crippen molar-refractivity contribution in [3.8, 4) is 0 Å². The average molecular weight is 310 g/mol. The van der Waals surface area contributed by atoms with Gasteiger partial charge in [-0.2, -0.15) is 13.2 Å². The van der Waals surface area contributed by atoms with Crippen LogP contribution in [0.4, 0.5) is 13.2 Å². The molecule has 0 radical (unpaired) electrons. The van der Waals surface area contributed by atoms with Crippen molar-refractivity contribution in [3.05, 3.63) is 33.8 Å². The SMILES string of the molecule is Cc1ccc(C(=O)NCCC(F)(F)F)cc1Br. The molecule has 0 bridgehead atoms. The first-order valence-electron chi connectivity index (χ1n) is 4.91. The molecular formula is C11H11BrF3NO. The predicted octanol–water partition coefficient (Wildman–Crippen LogP) is 3.44. The molecule has 1 aromatic rings. The lowest BCUT2D eigenvalue weighted by atomic mass is 10.1. The number of carbonyl (C=O) groups is 1. The van der Waals surface area contributed by atoms with Gasteiger partial charge in [-0.3, -0.25) is 4.79 Å². The zero-order valence-electron chi connectivity index (χ0n) is 9.07. The quantitative estimate of drug-likeness (QED) is 0.910. The molecule has 2 nitrogen and oxygen atoms in total. The fraction of sp³-hybridized carbons (Fsp3) is 0.364. The number of halogens is 4. The molecule has 0 saturated heterocycles. The molecule has 94 valence electrons. The smallest absolute Gasteiger partial charge is 0.352 e. The second-order valence-electron chi connectivity index (χ2n) is 3.59. The minimum absolute atomic E-state index is 0.338. The van der Waals surface area contributed by atoms with E-state index in [1.807, 2.05) is 6.92 Å². The summed E-state index contributed by atoms with van der Waals surface area (Å²) in [6.07, 6.45) is -5.27. The highest BCUT2D eigenvalue weighted by Crippen LogP contribution is 2.19. The van der Waals surface area contributed by atoms with Gasteiger partial charge in [0.05, 0.1) is 6.42 Å². The van der Waals surface area contributed by atoms with E-state index >= 15 is 0 Å². The van der Waals surface area contributed by atoms with Gasteiger partial charge >= 0.3 is 6.18 Å². The second-order valence-corrected chi connectivity index (χ2v) is 4.44. The first-order valence-corrected chi connectivity index (χ1v) is 5.70. The summed E-state index contributed by atoms with van der Waals surface area (Å²) in [6, 6.07) is 4.88. The molecule has 0 aliphatic rings. The van der Waals surface area contributed by atoms with Gasteiger partial charge in [-0.15, -0.1) is 0 Å². The lowest BCUT2D eigenvalue weighted by Gasteiger charge is -2.08. The Bertz CT molecular complexity index is 418. The molecule has 0 aromatic heterocycles. The highest BCUT2D eigenvalue weighted by atomic mass is 79.9. The van der Waals surface area contributed by atoms with Gasteiger partial charge in [0.2, 0.25) is 0 Å². The van der Waals surface area contributed by atoms with Gasteiger partial charge in [0.1, 0.15) is 0 Å². The summed E-state index contributed by atoms with van der Waals surface area (Å²) in [4.78, 5) is 11.5. The van der Waals surface area contributed by atoms with Crippen LogP contribution in [0.1, 0.15) is 22.3 Å². The third-order valence-corrected chi connectivity index (χ3v) is 2.98. The van der Waals surface area contributed by atoms with Gasteiger partial charge in [0, 0.05) is 16.6 Å². The molecule has 6 heteroatoms. The van der Waals surface area contributed by atoms with Crippen LogP contribution in [-0.2, 0) is 0 Å². The van der Waals surface area contributed by atoms with E-state index in [0.717, 1.165) is 10.0 Å². The fourth-order valence-corrected chi connectivity index (χ4v) is 1.53. The maximum atomic E-state index is 11.9. The normalized spacial score (nSPS) is 11.4. The lowest BCUT2D eigenvalue weighted by molar-refractivity contribution is -0.132. The summed E-state index contributed by atoms with van der Waals surface area (Å²) in [5.41, 5.74) is 1.29. The van der Waals surface area contributed by atoms with Crippen molar-refractivity contribution < 1.29 is 18.0 Å². The van der Waals surface area contributed by atoms with Crippen molar-refractivity contribution in [3.63, 3.8) is 0 Å². The number of amides is 1. The van der Waals surface area contributed by atoms with Crippen LogP contribution in [0.2, 0.25) is 0 Å². The molecule has 17 heavy (non-hydrogen) atoms. The Balaban J connectivity index is 2.56. The molecule has 1 aromatic carbocycles. The predicted molar refractivity (Wildman–Crippen MR) is 61.9 cm³/mol. The van der Waals surface area contributed by atoms with Gasteiger partial charge in [-0.05, 0) is 24.6 Å². The number of hydrogen-bond acceptors (Lipinski definition) is 1. The Kier molecular flexibility index (Phi) is 4.56. The van der Waals surface area contributed by atoms with Crippen LogP contribution in [-0.4, -0.2) is 18.6 Å². The van der Waals surface area contributed by atoms with Crippen molar-refractivity contribution in [1.82, 2.24) is 5.32 Å². The van der Waals surface area contributed by atoms with Crippen molar-refractivity contribution in [2.75, 3.05) is 6.54 Å². The molecule has 1 amide bonds. The van der Waals surface area contributed by atoms with Gasteiger partial charge in [-0.1, -0.05) is 22.0 Å². The number of aryl methyl sites for hydroxylation is 1. The highest BCUT2D eigenvalue weighted by molar-refractivity contribution is 9.10. The van der Waals surface area contributed by atoms with E-state index in [9.17, 15) is 18.0 Å². The average Bonchev–Trinajstić information content (AvgIpc) is 2.20. The number of alkyl halides is 3. The number of nitrogens with one attached hydrogen (secondary N) is 1. The van der Waals surface area contributed by atoms with Crippen LogP contribution in [0.25, 0.3) is 0 Å².